The van der Waals surface area contributed by atoms with Gasteiger partial charge >= 0.3 is 0 Å². The third-order valence-corrected chi connectivity index (χ3v) is 3.43. The highest BCUT2D eigenvalue weighted by atomic mass is 32.1. The van der Waals surface area contributed by atoms with Gasteiger partial charge in [-0.15, -0.1) is 0 Å². The highest BCUT2D eigenvalue weighted by molar-refractivity contribution is 7.80. The van der Waals surface area contributed by atoms with Crippen LogP contribution in [0.25, 0.3) is 0 Å². The Bertz CT molecular complexity index is 706. The standard InChI is InChI=1S/C16H17N3O3S/c1-22-15-8-3-2-5-12(15)9-10-17-16(23)18-13-6-4-7-14(11-13)19(20)21/h2-8,11H,9-10H2,1H3,(H2,17,18,23). The molecule has 120 valence electrons. The molecule has 0 aliphatic heterocycles. The van der Waals surface area contributed by atoms with Crippen LogP contribution in [0.5, 0.6) is 5.75 Å². The smallest absolute Gasteiger partial charge is 0.271 e. The van der Waals surface area contributed by atoms with Crippen LogP contribution in [0.1, 0.15) is 5.56 Å². The van der Waals surface area contributed by atoms with E-state index in [1.807, 2.05) is 24.3 Å². The molecule has 0 fully saturated rings. The molecule has 0 saturated carbocycles. The molecule has 2 aromatic carbocycles. The summed E-state index contributed by atoms with van der Waals surface area (Å²) in [6.45, 7) is 0.626. The summed E-state index contributed by atoms with van der Waals surface area (Å²) in [5.74, 6) is 0.840. The number of benzene rings is 2. The third-order valence-electron chi connectivity index (χ3n) is 3.19. The fourth-order valence-corrected chi connectivity index (χ4v) is 2.31. The van der Waals surface area contributed by atoms with Crippen molar-refractivity contribution in [3.8, 4) is 5.75 Å². The number of hydrogen-bond acceptors (Lipinski definition) is 4. The van der Waals surface area contributed by atoms with Crippen molar-refractivity contribution in [1.82, 2.24) is 5.32 Å². The normalized spacial score (nSPS) is 9.96. The summed E-state index contributed by atoms with van der Waals surface area (Å²) in [4.78, 5) is 10.3. The molecule has 0 aliphatic rings. The number of methoxy groups -OCH3 is 1. The maximum atomic E-state index is 10.7. The Labute approximate surface area is 139 Å². The van der Waals surface area contributed by atoms with Gasteiger partial charge in [-0.25, -0.2) is 0 Å². The van der Waals surface area contributed by atoms with Gasteiger partial charge in [-0.2, -0.15) is 0 Å². The molecule has 0 atom stereocenters. The van der Waals surface area contributed by atoms with E-state index in [4.69, 9.17) is 17.0 Å². The predicted molar refractivity (Wildman–Crippen MR) is 94.0 cm³/mol. The summed E-state index contributed by atoms with van der Waals surface area (Å²) in [5, 5.41) is 17.2. The number of hydrogen-bond donors (Lipinski definition) is 2. The van der Waals surface area contributed by atoms with Crippen LogP contribution in [0.2, 0.25) is 0 Å². The second kappa shape index (κ2) is 8.09. The molecule has 0 aromatic heterocycles. The zero-order valence-corrected chi connectivity index (χ0v) is 13.4. The lowest BCUT2D eigenvalue weighted by molar-refractivity contribution is -0.384. The lowest BCUT2D eigenvalue weighted by Crippen LogP contribution is -2.30. The van der Waals surface area contributed by atoms with Crippen molar-refractivity contribution >= 4 is 28.7 Å². The van der Waals surface area contributed by atoms with Crippen LogP contribution in [0, 0.1) is 10.1 Å². The maximum absolute atomic E-state index is 10.7. The topological polar surface area (TPSA) is 76.4 Å². The molecule has 23 heavy (non-hydrogen) atoms. The quantitative estimate of drug-likeness (QED) is 0.481. The minimum Gasteiger partial charge on any atom is -0.496 e. The van der Waals surface area contributed by atoms with Crippen molar-refractivity contribution in [2.45, 2.75) is 6.42 Å². The highest BCUT2D eigenvalue weighted by Gasteiger charge is 2.07. The summed E-state index contributed by atoms with van der Waals surface area (Å²) >= 11 is 5.20. The first-order chi connectivity index (χ1) is 11.1. The monoisotopic (exact) mass is 331 g/mol. The van der Waals surface area contributed by atoms with E-state index in [1.165, 1.54) is 12.1 Å². The summed E-state index contributed by atoms with van der Waals surface area (Å²) < 4.78 is 5.29. The van der Waals surface area contributed by atoms with Gasteiger partial charge in [0.05, 0.1) is 12.0 Å². The second-order valence-corrected chi connectivity index (χ2v) is 5.16. The molecule has 2 N–H and O–H groups in total. The first-order valence-electron chi connectivity index (χ1n) is 7.01. The SMILES string of the molecule is COc1ccccc1CCNC(=S)Nc1cccc([N+](=O)[O-])c1. The van der Waals surface area contributed by atoms with Gasteiger partial charge in [-0.3, -0.25) is 10.1 Å². The van der Waals surface area contributed by atoms with Crippen LogP contribution in [-0.2, 0) is 6.42 Å². The van der Waals surface area contributed by atoms with Crippen LogP contribution < -0.4 is 15.4 Å². The average Bonchev–Trinajstić information content (AvgIpc) is 2.55. The van der Waals surface area contributed by atoms with Gasteiger partial charge in [0.15, 0.2) is 5.11 Å². The summed E-state index contributed by atoms with van der Waals surface area (Å²) in [5.41, 5.74) is 1.68. The number of nitrogens with zero attached hydrogens (tertiary/aromatic N) is 1. The summed E-state index contributed by atoms with van der Waals surface area (Å²) in [7, 11) is 1.64. The molecule has 6 nitrogen and oxygen atoms in total. The number of thiocarbonyl (C=S) groups is 1. The molecular weight excluding hydrogens is 314 g/mol. The first-order valence-corrected chi connectivity index (χ1v) is 7.42. The molecule has 0 amide bonds. The van der Waals surface area contributed by atoms with Crippen LogP contribution in [0.15, 0.2) is 48.5 Å². The molecule has 0 radical (unpaired) electrons. The van der Waals surface area contributed by atoms with E-state index in [1.54, 1.807) is 19.2 Å². The highest BCUT2D eigenvalue weighted by Crippen LogP contribution is 2.18. The summed E-state index contributed by atoms with van der Waals surface area (Å²) in [6.07, 6.45) is 0.751. The Morgan fingerprint density at radius 2 is 2.04 bits per heavy atom. The number of para-hydroxylation sites is 1. The number of anilines is 1. The van der Waals surface area contributed by atoms with Gasteiger partial charge in [-0.1, -0.05) is 24.3 Å². The number of nitrogens with one attached hydrogen (secondary N) is 2. The number of rotatable bonds is 6. The van der Waals surface area contributed by atoms with E-state index in [9.17, 15) is 10.1 Å². The van der Waals surface area contributed by atoms with Gasteiger partial charge in [0.1, 0.15) is 5.75 Å². The molecule has 0 bridgehead atoms. The fourth-order valence-electron chi connectivity index (χ4n) is 2.09. The molecule has 0 unspecified atom stereocenters. The van der Waals surface area contributed by atoms with Crippen molar-refractivity contribution < 1.29 is 9.66 Å². The minimum atomic E-state index is -0.441. The van der Waals surface area contributed by atoms with Crippen LogP contribution in [0.4, 0.5) is 11.4 Å². The Hall–Kier alpha value is -2.67. The molecule has 0 spiro atoms. The molecule has 0 aliphatic carbocycles. The van der Waals surface area contributed by atoms with Crippen molar-refractivity contribution in [3.63, 3.8) is 0 Å². The molecule has 0 heterocycles. The molecule has 0 saturated heterocycles. The minimum absolute atomic E-state index is 0.0202. The van der Waals surface area contributed by atoms with Crippen molar-refractivity contribution in [1.29, 1.82) is 0 Å². The van der Waals surface area contributed by atoms with E-state index in [0.717, 1.165) is 17.7 Å². The Morgan fingerprint density at radius 1 is 1.26 bits per heavy atom. The van der Waals surface area contributed by atoms with Crippen molar-refractivity contribution in [2.75, 3.05) is 19.0 Å². The molecule has 7 heteroatoms. The predicted octanol–water partition coefficient (Wildman–Crippen LogP) is 3.13. The Balaban J connectivity index is 1.86. The molecule has 2 rings (SSSR count). The average molecular weight is 331 g/mol. The molecule has 2 aromatic rings. The van der Waals surface area contributed by atoms with Gasteiger partial charge in [0.2, 0.25) is 0 Å². The second-order valence-electron chi connectivity index (χ2n) is 4.75. The van der Waals surface area contributed by atoms with Crippen LogP contribution >= 0.6 is 12.2 Å². The zero-order valence-electron chi connectivity index (χ0n) is 12.6. The largest absolute Gasteiger partial charge is 0.496 e. The van der Waals surface area contributed by atoms with E-state index in [2.05, 4.69) is 10.6 Å². The van der Waals surface area contributed by atoms with Gasteiger partial charge in [-0.05, 0) is 36.3 Å². The van der Waals surface area contributed by atoms with Gasteiger partial charge in [0.25, 0.3) is 5.69 Å². The van der Waals surface area contributed by atoms with E-state index in [0.29, 0.717) is 17.3 Å². The zero-order chi connectivity index (χ0) is 16.7. The summed E-state index contributed by atoms with van der Waals surface area (Å²) in [6, 6.07) is 14.0. The first kappa shape index (κ1) is 16.7. The number of nitro groups is 1. The van der Waals surface area contributed by atoms with Gasteiger partial charge < -0.3 is 15.4 Å². The van der Waals surface area contributed by atoms with E-state index >= 15 is 0 Å². The van der Waals surface area contributed by atoms with E-state index < -0.39 is 4.92 Å². The lowest BCUT2D eigenvalue weighted by Gasteiger charge is -2.12. The van der Waals surface area contributed by atoms with Crippen LogP contribution in [0.3, 0.4) is 0 Å². The Morgan fingerprint density at radius 3 is 2.78 bits per heavy atom. The van der Waals surface area contributed by atoms with Crippen molar-refractivity contribution in [2.24, 2.45) is 0 Å². The maximum Gasteiger partial charge on any atom is 0.271 e. The van der Waals surface area contributed by atoms with E-state index in [-0.39, 0.29) is 5.69 Å². The van der Waals surface area contributed by atoms with Crippen molar-refractivity contribution in [3.05, 3.63) is 64.2 Å². The molecular formula is C16H17N3O3S. The third kappa shape index (κ3) is 4.93. The number of nitro benzene ring substituents is 1. The number of ether oxygens (including phenoxy) is 1. The fraction of sp³-hybridized carbons (Fsp3) is 0.188. The Kier molecular flexibility index (Phi) is 5.87. The lowest BCUT2D eigenvalue weighted by atomic mass is 10.1. The van der Waals surface area contributed by atoms with Crippen LogP contribution in [-0.4, -0.2) is 23.7 Å². The van der Waals surface area contributed by atoms with Gasteiger partial charge in [0, 0.05) is 24.4 Å². The number of non-ortho nitro benzene ring substituents is 1.